The van der Waals surface area contributed by atoms with Crippen LogP contribution < -0.4 is 5.43 Å². The van der Waals surface area contributed by atoms with E-state index in [-0.39, 0.29) is 5.91 Å². The highest BCUT2D eigenvalue weighted by Crippen LogP contribution is 2.26. The molecule has 1 saturated carbocycles. The highest BCUT2D eigenvalue weighted by molar-refractivity contribution is 6.07. The van der Waals surface area contributed by atoms with Gasteiger partial charge in [0.05, 0.1) is 16.8 Å². The third-order valence-corrected chi connectivity index (χ3v) is 5.83. The lowest BCUT2D eigenvalue weighted by molar-refractivity contribution is 0.0956. The number of carbonyl (C=O) groups is 1. The van der Waals surface area contributed by atoms with Crippen LogP contribution >= 0.6 is 0 Å². The second kappa shape index (κ2) is 8.16. The highest BCUT2D eigenvalue weighted by Gasteiger charge is 2.17. The summed E-state index contributed by atoms with van der Waals surface area (Å²) in [6.07, 6.45) is 4.31. The van der Waals surface area contributed by atoms with Gasteiger partial charge >= 0.3 is 0 Å². The normalized spacial score (nSPS) is 18.2. The van der Waals surface area contributed by atoms with Gasteiger partial charge in [0.15, 0.2) is 0 Å². The number of aryl methyl sites for hydroxylation is 2. The number of hydrazone groups is 1. The number of pyridine rings is 1. The largest absolute Gasteiger partial charge is 0.272 e. The first-order valence-corrected chi connectivity index (χ1v) is 10.3. The van der Waals surface area contributed by atoms with Crippen molar-refractivity contribution in [1.29, 1.82) is 0 Å². The van der Waals surface area contributed by atoms with Gasteiger partial charge in [0.2, 0.25) is 0 Å². The second-order valence-corrected chi connectivity index (χ2v) is 8.19. The molecule has 1 amide bonds. The average Bonchev–Trinajstić information content (AvgIpc) is 2.73. The molecule has 4 heteroatoms. The standard InChI is InChI=1S/C25H27N3O/c1-16-7-6-8-20(13-16)27-28-25(29)22-15-24(19-12-11-17(2)18(3)14-19)26-23-10-5-4-9-21(22)23/h4-5,9-12,14-16H,6-8,13H2,1-3H3,(H,28,29)/b27-20+. The van der Waals surface area contributed by atoms with Crippen LogP contribution in [0.2, 0.25) is 0 Å². The molecule has 1 aliphatic carbocycles. The molecular formula is C25H27N3O. The Kier molecular flexibility index (Phi) is 5.43. The van der Waals surface area contributed by atoms with Gasteiger partial charge in [0.1, 0.15) is 0 Å². The first-order chi connectivity index (χ1) is 14.0. The number of aromatic nitrogens is 1. The van der Waals surface area contributed by atoms with Crippen LogP contribution in [0, 0.1) is 19.8 Å². The molecule has 1 N–H and O–H groups in total. The smallest absolute Gasteiger partial charge is 0.267 e. The molecule has 148 valence electrons. The van der Waals surface area contributed by atoms with Crippen molar-refractivity contribution in [2.75, 3.05) is 0 Å². The van der Waals surface area contributed by atoms with Crippen molar-refractivity contribution in [3.8, 4) is 11.3 Å². The molecule has 1 fully saturated rings. The van der Waals surface area contributed by atoms with Gasteiger partial charge in [0, 0.05) is 16.7 Å². The van der Waals surface area contributed by atoms with Crippen molar-refractivity contribution in [3.05, 3.63) is 65.2 Å². The van der Waals surface area contributed by atoms with Gasteiger partial charge in [-0.05, 0) is 74.8 Å². The molecule has 0 radical (unpaired) electrons. The lowest BCUT2D eigenvalue weighted by atomic mass is 9.89. The third-order valence-electron chi connectivity index (χ3n) is 5.83. The molecule has 3 aromatic rings. The molecule has 4 nitrogen and oxygen atoms in total. The van der Waals surface area contributed by atoms with Crippen LogP contribution in [0.15, 0.2) is 53.6 Å². The maximum Gasteiger partial charge on any atom is 0.272 e. The van der Waals surface area contributed by atoms with E-state index in [2.05, 4.69) is 49.5 Å². The number of amides is 1. The summed E-state index contributed by atoms with van der Waals surface area (Å²) in [5, 5.41) is 5.28. The van der Waals surface area contributed by atoms with Crippen molar-refractivity contribution in [2.24, 2.45) is 11.0 Å². The summed E-state index contributed by atoms with van der Waals surface area (Å²) >= 11 is 0. The van der Waals surface area contributed by atoms with Crippen molar-refractivity contribution >= 4 is 22.5 Å². The molecule has 1 unspecified atom stereocenters. The third kappa shape index (κ3) is 4.21. The Morgan fingerprint density at radius 2 is 1.93 bits per heavy atom. The number of rotatable bonds is 3. The number of benzene rings is 2. The van der Waals surface area contributed by atoms with Crippen LogP contribution in [-0.2, 0) is 0 Å². The number of nitrogens with zero attached hydrogens (tertiary/aromatic N) is 2. The lowest BCUT2D eigenvalue weighted by Crippen LogP contribution is -2.22. The Bertz CT molecular complexity index is 1100. The van der Waals surface area contributed by atoms with Crippen LogP contribution in [0.3, 0.4) is 0 Å². The van der Waals surface area contributed by atoms with E-state index in [9.17, 15) is 4.79 Å². The molecule has 1 aliphatic rings. The van der Waals surface area contributed by atoms with E-state index in [1.165, 1.54) is 17.5 Å². The monoisotopic (exact) mass is 385 g/mol. The molecule has 29 heavy (non-hydrogen) atoms. The molecule has 1 aromatic heterocycles. The Hall–Kier alpha value is -3.01. The molecule has 0 bridgehead atoms. The first-order valence-electron chi connectivity index (χ1n) is 10.3. The van der Waals surface area contributed by atoms with Crippen molar-refractivity contribution < 1.29 is 4.79 Å². The minimum Gasteiger partial charge on any atom is -0.267 e. The van der Waals surface area contributed by atoms with Gasteiger partial charge in [-0.2, -0.15) is 5.10 Å². The van der Waals surface area contributed by atoms with Gasteiger partial charge in [-0.1, -0.05) is 37.3 Å². The number of hydrogen-bond donors (Lipinski definition) is 1. The zero-order valence-electron chi connectivity index (χ0n) is 17.3. The van der Waals surface area contributed by atoms with E-state index >= 15 is 0 Å². The summed E-state index contributed by atoms with van der Waals surface area (Å²) in [6.45, 7) is 6.43. The Labute approximate surface area is 172 Å². The molecule has 4 rings (SSSR count). The zero-order chi connectivity index (χ0) is 20.4. The Morgan fingerprint density at radius 3 is 2.72 bits per heavy atom. The molecule has 0 saturated heterocycles. The Balaban J connectivity index is 1.71. The fourth-order valence-electron chi connectivity index (χ4n) is 3.96. The first kappa shape index (κ1) is 19.3. The summed E-state index contributed by atoms with van der Waals surface area (Å²) in [7, 11) is 0. The maximum atomic E-state index is 13.0. The topological polar surface area (TPSA) is 54.4 Å². The van der Waals surface area contributed by atoms with Crippen molar-refractivity contribution in [2.45, 2.75) is 46.5 Å². The average molecular weight is 386 g/mol. The predicted molar refractivity (Wildman–Crippen MR) is 119 cm³/mol. The molecule has 0 aliphatic heterocycles. The SMILES string of the molecule is Cc1ccc(-c2cc(C(=O)N/N=C3\CCCC(C)C3)c3ccccc3n2)cc1C. The van der Waals surface area contributed by atoms with E-state index in [1.54, 1.807) is 0 Å². The summed E-state index contributed by atoms with van der Waals surface area (Å²) < 4.78 is 0. The maximum absolute atomic E-state index is 13.0. The predicted octanol–water partition coefficient (Wildman–Crippen LogP) is 5.81. The minimum absolute atomic E-state index is 0.181. The van der Waals surface area contributed by atoms with E-state index in [0.717, 1.165) is 47.1 Å². The minimum atomic E-state index is -0.181. The lowest BCUT2D eigenvalue weighted by Gasteiger charge is -2.19. The van der Waals surface area contributed by atoms with E-state index in [1.807, 2.05) is 30.3 Å². The van der Waals surface area contributed by atoms with E-state index in [0.29, 0.717) is 11.5 Å². The molecular weight excluding hydrogens is 358 g/mol. The van der Waals surface area contributed by atoms with Gasteiger partial charge < -0.3 is 0 Å². The number of carbonyl (C=O) groups excluding carboxylic acids is 1. The summed E-state index contributed by atoms with van der Waals surface area (Å²) in [5.41, 5.74) is 9.58. The molecule has 2 aromatic carbocycles. The number of fused-ring (bicyclic) bond motifs is 1. The van der Waals surface area contributed by atoms with Crippen LogP contribution in [0.25, 0.3) is 22.2 Å². The number of para-hydroxylation sites is 1. The Morgan fingerprint density at radius 1 is 1.10 bits per heavy atom. The van der Waals surface area contributed by atoms with Gasteiger partial charge in [0.25, 0.3) is 5.91 Å². The zero-order valence-corrected chi connectivity index (χ0v) is 17.3. The van der Waals surface area contributed by atoms with Gasteiger partial charge in [-0.3, -0.25) is 4.79 Å². The van der Waals surface area contributed by atoms with E-state index < -0.39 is 0 Å². The summed E-state index contributed by atoms with van der Waals surface area (Å²) in [4.78, 5) is 17.8. The van der Waals surface area contributed by atoms with Crippen LogP contribution in [0.4, 0.5) is 0 Å². The van der Waals surface area contributed by atoms with Crippen molar-refractivity contribution in [3.63, 3.8) is 0 Å². The van der Waals surface area contributed by atoms with Gasteiger partial charge in [-0.15, -0.1) is 0 Å². The van der Waals surface area contributed by atoms with Crippen LogP contribution in [0.1, 0.15) is 54.1 Å². The molecule has 0 spiro atoms. The number of hydrogen-bond acceptors (Lipinski definition) is 3. The second-order valence-electron chi connectivity index (χ2n) is 8.19. The van der Waals surface area contributed by atoms with Crippen LogP contribution in [-0.4, -0.2) is 16.6 Å². The molecule has 1 atom stereocenters. The number of nitrogens with one attached hydrogen (secondary N) is 1. The fourth-order valence-corrected chi connectivity index (χ4v) is 3.96. The fraction of sp³-hybridized carbons (Fsp3) is 0.320. The summed E-state index contributed by atoms with van der Waals surface area (Å²) in [6, 6.07) is 15.9. The van der Waals surface area contributed by atoms with Gasteiger partial charge in [-0.25, -0.2) is 10.4 Å². The summed E-state index contributed by atoms with van der Waals surface area (Å²) in [5.74, 6) is 0.456. The quantitative estimate of drug-likeness (QED) is 0.578. The highest BCUT2D eigenvalue weighted by atomic mass is 16.2. The van der Waals surface area contributed by atoms with E-state index in [4.69, 9.17) is 4.98 Å². The van der Waals surface area contributed by atoms with Crippen LogP contribution in [0.5, 0.6) is 0 Å². The van der Waals surface area contributed by atoms with Crippen molar-refractivity contribution in [1.82, 2.24) is 10.4 Å². The molecule has 1 heterocycles.